The number of nitrogens with one attached hydrogen (secondary N) is 3. The Kier molecular flexibility index (Phi) is 8.86. The van der Waals surface area contributed by atoms with Crippen molar-refractivity contribution in [3.05, 3.63) is 6.92 Å². The van der Waals surface area contributed by atoms with E-state index in [-0.39, 0.29) is 22.2 Å². The Bertz CT molecular complexity index is 453. The second-order valence-corrected chi connectivity index (χ2v) is 12.8. The monoisotopic (exact) mass is 420 g/mol. The van der Waals surface area contributed by atoms with Crippen molar-refractivity contribution >= 4 is 0 Å². The Hall–Kier alpha value is -0.160. The maximum Gasteiger partial charge on any atom is 0.0145 e. The van der Waals surface area contributed by atoms with Gasteiger partial charge in [0.1, 0.15) is 0 Å². The molecule has 2 heterocycles. The highest BCUT2D eigenvalue weighted by atomic mass is 15.2. The Morgan fingerprint density at radius 3 is 1.50 bits per heavy atom. The molecule has 0 aromatic heterocycles. The summed E-state index contributed by atoms with van der Waals surface area (Å²) in [4.78, 5) is 2.94. The highest BCUT2D eigenvalue weighted by Crippen LogP contribution is 2.38. The van der Waals surface area contributed by atoms with Crippen LogP contribution in [0, 0.1) is 6.92 Å². The summed E-state index contributed by atoms with van der Waals surface area (Å²) in [6, 6.07) is 1.31. The lowest BCUT2D eigenvalue weighted by atomic mass is 9.75. The van der Waals surface area contributed by atoms with Crippen molar-refractivity contribution in [1.29, 1.82) is 0 Å². The number of hydrogen-bond acceptors (Lipinski definition) is 4. The highest BCUT2D eigenvalue weighted by Gasteiger charge is 2.45. The first-order valence-corrected chi connectivity index (χ1v) is 12.5. The lowest BCUT2D eigenvalue weighted by Crippen LogP contribution is -2.67. The molecule has 0 atom stereocenters. The van der Waals surface area contributed by atoms with Crippen molar-refractivity contribution in [2.75, 3.05) is 19.6 Å². The zero-order chi connectivity index (χ0) is 22.6. The summed E-state index contributed by atoms with van der Waals surface area (Å²) in [6.07, 6.45) is 10.1. The Balaban J connectivity index is 2.10. The molecule has 0 unspecified atom stereocenters. The molecule has 2 fully saturated rings. The summed E-state index contributed by atoms with van der Waals surface area (Å²) >= 11 is 0. The number of nitrogens with zero attached hydrogens (tertiary/aromatic N) is 1. The lowest BCUT2D eigenvalue weighted by Gasteiger charge is -2.55. The van der Waals surface area contributed by atoms with Gasteiger partial charge in [0.2, 0.25) is 0 Å². The van der Waals surface area contributed by atoms with E-state index in [0.29, 0.717) is 18.6 Å². The van der Waals surface area contributed by atoms with Crippen molar-refractivity contribution < 1.29 is 0 Å². The molecule has 4 nitrogen and oxygen atoms in total. The Labute approximate surface area is 188 Å². The van der Waals surface area contributed by atoms with E-state index in [0.717, 1.165) is 6.54 Å². The van der Waals surface area contributed by atoms with Gasteiger partial charge in [-0.25, -0.2) is 0 Å². The average Bonchev–Trinajstić information content (AvgIpc) is 2.51. The fourth-order valence-corrected chi connectivity index (χ4v) is 6.67. The predicted molar refractivity (Wildman–Crippen MR) is 131 cm³/mol. The summed E-state index contributed by atoms with van der Waals surface area (Å²) in [7, 11) is 0. The molecule has 0 aliphatic carbocycles. The molecule has 2 aliphatic rings. The molecule has 0 amide bonds. The normalized spacial score (nSPS) is 26.2. The lowest BCUT2D eigenvalue weighted by molar-refractivity contribution is -0.00297. The van der Waals surface area contributed by atoms with Gasteiger partial charge >= 0.3 is 0 Å². The first-order chi connectivity index (χ1) is 13.7. The number of piperidine rings is 2. The third-order valence-electron chi connectivity index (χ3n) is 6.94. The maximum atomic E-state index is 5.53. The molecule has 0 aromatic rings. The van der Waals surface area contributed by atoms with E-state index in [1.165, 1.54) is 57.9 Å². The van der Waals surface area contributed by atoms with Crippen LogP contribution >= 0.6 is 0 Å². The van der Waals surface area contributed by atoms with Gasteiger partial charge in [-0.15, -0.1) is 0 Å². The first-order valence-electron chi connectivity index (χ1n) is 12.5. The van der Waals surface area contributed by atoms with Gasteiger partial charge in [0, 0.05) is 34.2 Å². The summed E-state index contributed by atoms with van der Waals surface area (Å²) in [5.74, 6) is 0. The van der Waals surface area contributed by atoms with Crippen LogP contribution in [0.15, 0.2) is 0 Å². The molecule has 2 aliphatic heterocycles. The number of hydrogen-bond donors (Lipinski definition) is 3. The predicted octanol–water partition coefficient (Wildman–Crippen LogP) is 4.77. The SMILES string of the molecule is [CH]CNCCCCCCN(C1CC(C)(C)NC(C)(C)C1)C1CC(C)(C)NC(C)(C)C1. The van der Waals surface area contributed by atoms with Crippen molar-refractivity contribution in [3.63, 3.8) is 0 Å². The second kappa shape index (κ2) is 10.2. The van der Waals surface area contributed by atoms with Crippen LogP contribution in [0.5, 0.6) is 0 Å². The third kappa shape index (κ3) is 8.41. The van der Waals surface area contributed by atoms with E-state index >= 15 is 0 Å². The molecule has 0 saturated carbocycles. The number of rotatable bonds is 10. The van der Waals surface area contributed by atoms with E-state index in [4.69, 9.17) is 6.92 Å². The number of unbranched alkanes of at least 4 members (excludes halogenated alkanes) is 3. The molecule has 2 saturated heterocycles. The van der Waals surface area contributed by atoms with Crippen LogP contribution in [0.1, 0.15) is 107 Å². The summed E-state index contributed by atoms with van der Waals surface area (Å²) in [5, 5.41) is 11.0. The van der Waals surface area contributed by atoms with E-state index < -0.39 is 0 Å². The van der Waals surface area contributed by atoms with Gasteiger partial charge in [-0.3, -0.25) is 4.90 Å². The van der Waals surface area contributed by atoms with Crippen LogP contribution in [-0.4, -0.2) is 58.8 Å². The minimum Gasteiger partial charge on any atom is -0.316 e. The molecule has 2 radical (unpaired) electrons. The van der Waals surface area contributed by atoms with Crippen molar-refractivity contribution in [1.82, 2.24) is 20.9 Å². The molecule has 2 rings (SSSR count). The Morgan fingerprint density at radius 2 is 1.10 bits per heavy atom. The standard InChI is InChI=1S/C26H52N4/c1-10-27-15-13-11-12-14-16-30(21-17-23(2,3)28-24(4,5)18-21)22-19-25(6,7)29-26(8,9)20-22/h1,21-22,27-29H,10-20H2,2-9H3. The van der Waals surface area contributed by atoms with Crippen LogP contribution in [0.2, 0.25) is 0 Å². The fourth-order valence-electron chi connectivity index (χ4n) is 6.67. The fraction of sp³-hybridized carbons (Fsp3) is 0.962. The topological polar surface area (TPSA) is 39.3 Å². The van der Waals surface area contributed by atoms with E-state index in [1.807, 2.05) is 0 Å². The van der Waals surface area contributed by atoms with Gasteiger partial charge in [0.25, 0.3) is 0 Å². The maximum absolute atomic E-state index is 5.53. The molecular formula is C26H52N4. The molecule has 0 aromatic carbocycles. The molecule has 3 N–H and O–H groups in total. The van der Waals surface area contributed by atoms with Crippen molar-refractivity contribution in [3.8, 4) is 0 Å². The van der Waals surface area contributed by atoms with Gasteiger partial charge in [-0.2, -0.15) is 0 Å². The smallest absolute Gasteiger partial charge is 0.0145 e. The van der Waals surface area contributed by atoms with E-state index in [2.05, 4.69) is 76.2 Å². The molecule has 0 bridgehead atoms. The Morgan fingerprint density at radius 1 is 0.700 bits per heavy atom. The third-order valence-corrected chi connectivity index (χ3v) is 6.94. The molecule has 0 spiro atoms. The average molecular weight is 421 g/mol. The van der Waals surface area contributed by atoms with E-state index in [9.17, 15) is 0 Å². The van der Waals surface area contributed by atoms with Gasteiger partial charge in [-0.05, 0) is 120 Å². The molecular weight excluding hydrogens is 368 g/mol. The van der Waals surface area contributed by atoms with Crippen LogP contribution in [-0.2, 0) is 0 Å². The molecule has 30 heavy (non-hydrogen) atoms. The largest absolute Gasteiger partial charge is 0.316 e. The molecule has 4 heteroatoms. The van der Waals surface area contributed by atoms with Gasteiger partial charge in [0.05, 0.1) is 0 Å². The molecule has 176 valence electrons. The summed E-state index contributed by atoms with van der Waals surface area (Å²) in [5.41, 5.74) is 0.764. The van der Waals surface area contributed by atoms with Gasteiger partial charge in [0.15, 0.2) is 0 Å². The van der Waals surface area contributed by atoms with Crippen LogP contribution < -0.4 is 16.0 Å². The highest BCUT2D eigenvalue weighted by molar-refractivity contribution is 5.05. The van der Waals surface area contributed by atoms with Gasteiger partial charge < -0.3 is 16.0 Å². The quantitative estimate of drug-likeness (QED) is 0.445. The second-order valence-electron chi connectivity index (χ2n) is 12.8. The van der Waals surface area contributed by atoms with Crippen LogP contribution in [0.25, 0.3) is 0 Å². The summed E-state index contributed by atoms with van der Waals surface area (Å²) in [6.45, 7) is 27.5. The van der Waals surface area contributed by atoms with Crippen LogP contribution in [0.3, 0.4) is 0 Å². The minimum absolute atomic E-state index is 0.191. The zero-order valence-corrected chi connectivity index (χ0v) is 21.5. The summed E-state index contributed by atoms with van der Waals surface area (Å²) < 4.78 is 0. The van der Waals surface area contributed by atoms with Gasteiger partial charge in [-0.1, -0.05) is 12.8 Å². The van der Waals surface area contributed by atoms with Crippen molar-refractivity contribution in [2.24, 2.45) is 0 Å². The zero-order valence-electron chi connectivity index (χ0n) is 21.5. The minimum atomic E-state index is 0.191. The van der Waals surface area contributed by atoms with E-state index in [1.54, 1.807) is 0 Å². The van der Waals surface area contributed by atoms with Crippen molar-refractivity contribution in [2.45, 2.75) is 141 Å². The first kappa shape index (κ1) is 26.1. The van der Waals surface area contributed by atoms with Crippen LogP contribution in [0.4, 0.5) is 0 Å².